The Morgan fingerprint density at radius 3 is 2.29 bits per heavy atom. The zero-order valence-corrected chi connectivity index (χ0v) is 10.6. The van der Waals surface area contributed by atoms with Crippen molar-refractivity contribution in [1.29, 1.82) is 0 Å². The van der Waals surface area contributed by atoms with Gasteiger partial charge in [0, 0.05) is 13.2 Å². The van der Waals surface area contributed by atoms with E-state index in [-0.39, 0.29) is 6.61 Å². The quantitative estimate of drug-likeness (QED) is 0.694. The molecule has 1 aromatic rings. The lowest BCUT2D eigenvalue weighted by atomic mass is 10.2. The summed E-state index contributed by atoms with van der Waals surface area (Å²) in [6, 6.07) is 8.35. The summed E-state index contributed by atoms with van der Waals surface area (Å²) in [6.45, 7) is 0.651. The predicted molar refractivity (Wildman–Crippen MR) is 67.2 cm³/mol. The molecule has 0 saturated carbocycles. The summed E-state index contributed by atoms with van der Waals surface area (Å²) in [5.41, 5.74) is 0. The summed E-state index contributed by atoms with van der Waals surface area (Å²) < 4.78 is 26.1. The lowest BCUT2D eigenvalue weighted by Gasteiger charge is -2.06. The topological polar surface area (TPSA) is 66.4 Å². The maximum atomic E-state index is 11.8. The molecule has 5 heteroatoms. The first-order chi connectivity index (χ1) is 8.17. The number of sulfonamides is 1. The molecule has 0 aromatic heterocycles. The molecule has 0 radical (unpaired) electrons. The molecule has 96 valence electrons. The molecule has 17 heavy (non-hydrogen) atoms. The van der Waals surface area contributed by atoms with Gasteiger partial charge in [-0.2, -0.15) is 0 Å². The van der Waals surface area contributed by atoms with Crippen LogP contribution in [0.5, 0.6) is 0 Å². The van der Waals surface area contributed by atoms with E-state index in [4.69, 9.17) is 5.11 Å². The van der Waals surface area contributed by atoms with Crippen LogP contribution < -0.4 is 4.72 Å². The summed E-state index contributed by atoms with van der Waals surface area (Å²) >= 11 is 0. The molecule has 0 unspecified atom stereocenters. The van der Waals surface area contributed by atoms with Gasteiger partial charge in [0.25, 0.3) is 0 Å². The van der Waals surface area contributed by atoms with Crippen molar-refractivity contribution >= 4 is 10.0 Å². The number of nitrogens with one attached hydrogen (secondary N) is 1. The minimum Gasteiger partial charge on any atom is -0.396 e. The number of aliphatic hydroxyl groups is 1. The van der Waals surface area contributed by atoms with Crippen molar-refractivity contribution < 1.29 is 13.5 Å². The van der Waals surface area contributed by atoms with E-state index in [1.54, 1.807) is 30.3 Å². The molecule has 0 amide bonds. The maximum absolute atomic E-state index is 11.8. The van der Waals surface area contributed by atoms with Crippen LogP contribution in [-0.2, 0) is 10.0 Å². The largest absolute Gasteiger partial charge is 0.396 e. The first kappa shape index (κ1) is 14.2. The third-order valence-electron chi connectivity index (χ3n) is 2.43. The van der Waals surface area contributed by atoms with Gasteiger partial charge in [0.05, 0.1) is 4.90 Å². The van der Waals surface area contributed by atoms with Crippen LogP contribution in [0, 0.1) is 0 Å². The monoisotopic (exact) mass is 257 g/mol. The number of hydrogen-bond acceptors (Lipinski definition) is 3. The van der Waals surface area contributed by atoms with Gasteiger partial charge in [-0.15, -0.1) is 0 Å². The Kier molecular flexibility index (Phi) is 6.18. The first-order valence-corrected chi connectivity index (χ1v) is 7.31. The molecule has 0 saturated heterocycles. The third kappa shape index (κ3) is 5.30. The molecular weight excluding hydrogens is 238 g/mol. The zero-order chi connectivity index (χ0) is 12.6. The van der Waals surface area contributed by atoms with Gasteiger partial charge >= 0.3 is 0 Å². The number of rotatable bonds is 8. The Labute approximate surface area is 103 Å². The summed E-state index contributed by atoms with van der Waals surface area (Å²) in [5.74, 6) is 0. The number of hydrogen-bond donors (Lipinski definition) is 2. The van der Waals surface area contributed by atoms with Crippen LogP contribution in [-0.4, -0.2) is 26.7 Å². The van der Waals surface area contributed by atoms with E-state index in [1.165, 1.54) is 0 Å². The van der Waals surface area contributed by atoms with Crippen molar-refractivity contribution in [3.63, 3.8) is 0 Å². The lowest BCUT2D eigenvalue weighted by molar-refractivity contribution is 0.282. The van der Waals surface area contributed by atoms with Crippen molar-refractivity contribution in [2.45, 2.75) is 30.6 Å². The van der Waals surface area contributed by atoms with Gasteiger partial charge < -0.3 is 5.11 Å². The van der Waals surface area contributed by atoms with Gasteiger partial charge in [-0.1, -0.05) is 31.0 Å². The molecule has 0 fully saturated rings. The van der Waals surface area contributed by atoms with Crippen molar-refractivity contribution in [2.24, 2.45) is 0 Å². The van der Waals surface area contributed by atoms with Crippen molar-refractivity contribution in [1.82, 2.24) is 4.72 Å². The number of aliphatic hydroxyl groups excluding tert-OH is 1. The Hall–Kier alpha value is -0.910. The standard InChI is InChI=1S/C12H19NO3S/c14-11-7-2-1-6-10-13-17(15,16)12-8-4-3-5-9-12/h3-5,8-9,13-14H,1-2,6-7,10-11H2. The molecule has 0 bridgehead atoms. The summed E-state index contributed by atoms with van der Waals surface area (Å²) in [6.07, 6.45) is 3.44. The van der Waals surface area contributed by atoms with Crippen LogP contribution in [0.3, 0.4) is 0 Å². The van der Waals surface area contributed by atoms with Crippen LogP contribution in [0.25, 0.3) is 0 Å². The molecule has 0 atom stereocenters. The zero-order valence-electron chi connectivity index (χ0n) is 9.80. The summed E-state index contributed by atoms with van der Waals surface area (Å²) in [4.78, 5) is 0.301. The van der Waals surface area contributed by atoms with E-state index >= 15 is 0 Å². The molecule has 0 aliphatic rings. The summed E-state index contributed by atoms with van der Waals surface area (Å²) in [5, 5.41) is 8.59. The molecule has 0 heterocycles. The van der Waals surface area contributed by atoms with Crippen molar-refractivity contribution in [2.75, 3.05) is 13.2 Å². The van der Waals surface area contributed by atoms with E-state index in [0.29, 0.717) is 11.4 Å². The Balaban J connectivity index is 2.31. The van der Waals surface area contributed by atoms with Gasteiger partial charge in [-0.25, -0.2) is 13.1 Å². The van der Waals surface area contributed by atoms with Crippen molar-refractivity contribution in [3.8, 4) is 0 Å². The van der Waals surface area contributed by atoms with Crippen LogP contribution in [0.4, 0.5) is 0 Å². The molecule has 4 nitrogen and oxygen atoms in total. The van der Waals surface area contributed by atoms with Gasteiger partial charge in [0.15, 0.2) is 0 Å². The first-order valence-electron chi connectivity index (χ1n) is 5.82. The van der Waals surface area contributed by atoms with Gasteiger partial charge in [0.2, 0.25) is 10.0 Å². The average molecular weight is 257 g/mol. The second-order valence-electron chi connectivity index (χ2n) is 3.85. The van der Waals surface area contributed by atoms with E-state index in [9.17, 15) is 8.42 Å². The smallest absolute Gasteiger partial charge is 0.240 e. The second kappa shape index (κ2) is 7.42. The highest BCUT2D eigenvalue weighted by molar-refractivity contribution is 7.89. The normalized spacial score (nSPS) is 11.6. The number of unbranched alkanes of at least 4 members (excludes halogenated alkanes) is 3. The average Bonchev–Trinajstić information content (AvgIpc) is 2.35. The Morgan fingerprint density at radius 2 is 1.65 bits per heavy atom. The SMILES string of the molecule is O=S(=O)(NCCCCCCO)c1ccccc1. The van der Waals surface area contributed by atoms with Gasteiger partial charge in [-0.05, 0) is 25.0 Å². The fraction of sp³-hybridized carbons (Fsp3) is 0.500. The maximum Gasteiger partial charge on any atom is 0.240 e. The van der Waals surface area contributed by atoms with Crippen LogP contribution >= 0.6 is 0 Å². The minimum absolute atomic E-state index is 0.204. The highest BCUT2D eigenvalue weighted by Gasteiger charge is 2.11. The second-order valence-corrected chi connectivity index (χ2v) is 5.62. The highest BCUT2D eigenvalue weighted by Crippen LogP contribution is 2.07. The molecule has 1 aromatic carbocycles. The molecule has 0 aliphatic heterocycles. The van der Waals surface area contributed by atoms with E-state index in [0.717, 1.165) is 25.7 Å². The van der Waals surface area contributed by atoms with Gasteiger partial charge in [-0.3, -0.25) is 0 Å². The summed E-state index contributed by atoms with van der Waals surface area (Å²) in [7, 11) is -3.35. The minimum atomic E-state index is -3.35. The molecule has 1 rings (SSSR count). The van der Waals surface area contributed by atoms with E-state index in [2.05, 4.69) is 4.72 Å². The van der Waals surface area contributed by atoms with Crippen LogP contribution in [0.15, 0.2) is 35.2 Å². The fourth-order valence-electron chi connectivity index (χ4n) is 1.48. The van der Waals surface area contributed by atoms with Crippen LogP contribution in [0.2, 0.25) is 0 Å². The number of benzene rings is 1. The molecule has 0 spiro atoms. The highest BCUT2D eigenvalue weighted by atomic mass is 32.2. The van der Waals surface area contributed by atoms with E-state index in [1.807, 2.05) is 0 Å². The Morgan fingerprint density at radius 1 is 1.00 bits per heavy atom. The fourth-order valence-corrected chi connectivity index (χ4v) is 2.58. The third-order valence-corrected chi connectivity index (χ3v) is 3.91. The van der Waals surface area contributed by atoms with Crippen molar-refractivity contribution in [3.05, 3.63) is 30.3 Å². The molecular formula is C12H19NO3S. The lowest BCUT2D eigenvalue weighted by Crippen LogP contribution is -2.24. The molecule has 2 N–H and O–H groups in total. The molecule has 0 aliphatic carbocycles. The van der Waals surface area contributed by atoms with Gasteiger partial charge in [0.1, 0.15) is 0 Å². The predicted octanol–water partition coefficient (Wildman–Crippen LogP) is 1.52. The Bertz CT molecular complexity index is 403. The van der Waals surface area contributed by atoms with Crippen LogP contribution in [0.1, 0.15) is 25.7 Å². The van der Waals surface area contributed by atoms with E-state index < -0.39 is 10.0 Å².